The molecule has 1 heterocycles. The van der Waals surface area contributed by atoms with E-state index in [2.05, 4.69) is 4.98 Å². The summed E-state index contributed by atoms with van der Waals surface area (Å²) in [5.41, 5.74) is 5.76. The standard InChI is InChI=1S/C14H17N3O4S/c1-9-12(19)16-14(20)17(8-21-6-5-18)13(9)22-11-4-2-3-10(15)7-11/h2-4,7,18H,5-6,8,15H2,1H3,(H,16,19,20). The molecular formula is C14H17N3O4S. The summed E-state index contributed by atoms with van der Waals surface area (Å²) in [6, 6.07) is 7.15. The third-order valence-electron chi connectivity index (χ3n) is 2.90. The first-order valence-electron chi connectivity index (χ1n) is 6.58. The molecule has 0 aliphatic rings. The van der Waals surface area contributed by atoms with E-state index in [0.717, 1.165) is 4.90 Å². The van der Waals surface area contributed by atoms with Crippen molar-refractivity contribution in [2.75, 3.05) is 18.9 Å². The van der Waals surface area contributed by atoms with Crippen LogP contribution in [0.3, 0.4) is 0 Å². The first-order valence-corrected chi connectivity index (χ1v) is 7.40. The minimum atomic E-state index is -0.556. The first-order chi connectivity index (χ1) is 10.5. The lowest BCUT2D eigenvalue weighted by atomic mass is 10.3. The van der Waals surface area contributed by atoms with Crippen molar-refractivity contribution in [1.29, 1.82) is 0 Å². The van der Waals surface area contributed by atoms with E-state index in [-0.39, 0.29) is 19.9 Å². The van der Waals surface area contributed by atoms with E-state index in [9.17, 15) is 9.59 Å². The summed E-state index contributed by atoms with van der Waals surface area (Å²) in [7, 11) is 0. The Hall–Kier alpha value is -2.03. The van der Waals surface area contributed by atoms with Crippen molar-refractivity contribution < 1.29 is 9.84 Å². The number of aromatic nitrogens is 2. The van der Waals surface area contributed by atoms with Crippen LogP contribution in [0.2, 0.25) is 0 Å². The van der Waals surface area contributed by atoms with Gasteiger partial charge in [-0.15, -0.1) is 0 Å². The van der Waals surface area contributed by atoms with Gasteiger partial charge in [0.1, 0.15) is 6.73 Å². The van der Waals surface area contributed by atoms with E-state index >= 15 is 0 Å². The topological polar surface area (TPSA) is 110 Å². The van der Waals surface area contributed by atoms with Gasteiger partial charge in [0.05, 0.1) is 18.2 Å². The third-order valence-corrected chi connectivity index (χ3v) is 4.11. The summed E-state index contributed by atoms with van der Waals surface area (Å²) in [5, 5.41) is 9.24. The number of aliphatic hydroxyl groups is 1. The maximum atomic E-state index is 12.0. The number of ether oxygens (including phenoxy) is 1. The molecule has 4 N–H and O–H groups in total. The number of rotatable bonds is 6. The molecule has 2 rings (SSSR count). The van der Waals surface area contributed by atoms with Gasteiger partial charge in [-0.05, 0) is 25.1 Å². The van der Waals surface area contributed by atoms with Gasteiger partial charge in [0.2, 0.25) is 0 Å². The lowest BCUT2D eigenvalue weighted by Crippen LogP contribution is -2.33. The Morgan fingerprint density at radius 1 is 1.41 bits per heavy atom. The number of benzene rings is 1. The Balaban J connectivity index is 2.43. The molecular weight excluding hydrogens is 306 g/mol. The Morgan fingerprint density at radius 2 is 2.18 bits per heavy atom. The van der Waals surface area contributed by atoms with Crippen LogP contribution in [-0.4, -0.2) is 27.9 Å². The molecule has 0 unspecified atom stereocenters. The van der Waals surface area contributed by atoms with Gasteiger partial charge in [-0.1, -0.05) is 17.8 Å². The fourth-order valence-corrected chi connectivity index (χ4v) is 2.87. The number of hydrogen-bond acceptors (Lipinski definition) is 6. The second-order valence-corrected chi connectivity index (χ2v) is 5.62. The Labute approximate surface area is 130 Å². The highest BCUT2D eigenvalue weighted by molar-refractivity contribution is 7.99. The van der Waals surface area contributed by atoms with Crippen molar-refractivity contribution in [3.05, 3.63) is 50.7 Å². The van der Waals surface area contributed by atoms with Crippen molar-refractivity contribution >= 4 is 17.4 Å². The average molecular weight is 323 g/mol. The third kappa shape index (κ3) is 3.79. The van der Waals surface area contributed by atoms with Crippen LogP contribution < -0.4 is 17.0 Å². The molecule has 0 saturated carbocycles. The molecule has 118 valence electrons. The van der Waals surface area contributed by atoms with Gasteiger partial charge < -0.3 is 15.6 Å². The summed E-state index contributed by atoms with van der Waals surface area (Å²) in [6.07, 6.45) is 0. The minimum Gasteiger partial charge on any atom is -0.399 e. The summed E-state index contributed by atoms with van der Waals surface area (Å²) in [6.45, 7) is 1.54. The predicted octanol–water partition coefficient (Wildman–Crippen LogP) is 0.545. The van der Waals surface area contributed by atoms with Crippen molar-refractivity contribution in [2.24, 2.45) is 0 Å². The molecule has 0 amide bonds. The van der Waals surface area contributed by atoms with E-state index in [1.807, 2.05) is 6.07 Å². The molecule has 0 bridgehead atoms. The number of nitrogens with one attached hydrogen (secondary N) is 1. The molecule has 0 atom stereocenters. The first kappa shape index (κ1) is 16.3. The molecule has 1 aromatic heterocycles. The lowest BCUT2D eigenvalue weighted by molar-refractivity contribution is 0.0411. The van der Waals surface area contributed by atoms with Crippen LogP contribution in [0.4, 0.5) is 5.69 Å². The van der Waals surface area contributed by atoms with Gasteiger partial charge in [0, 0.05) is 16.1 Å². The molecule has 0 fully saturated rings. The Morgan fingerprint density at radius 3 is 2.86 bits per heavy atom. The van der Waals surface area contributed by atoms with Crippen molar-refractivity contribution in [3.63, 3.8) is 0 Å². The van der Waals surface area contributed by atoms with E-state index in [0.29, 0.717) is 16.3 Å². The molecule has 22 heavy (non-hydrogen) atoms. The second kappa shape index (κ2) is 7.30. The summed E-state index contributed by atoms with van der Waals surface area (Å²) < 4.78 is 6.52. The zero-order valence-corrected chi connectivity index (χ0v) is 12.9. The van der Waals surface area contributed by atoms with Gasteiger partial charge in [0.15, 0.2) is 0 Å². The van der Waals surface area contributed by atoms with Crippen LogP contribution in [-0.2, 0) is 11.5 Å². The number of H-pyrrole nitrogens is 1. The van der Waals surface area contributed by atoms with Crippen molar-refractivity contribution in [2.45, 2.75) is 23.6 Å². The van der Waals surface area contributed by atoms with Crippen LogP contribution in [0.1, 0.15) is 5.56 Å². The summed E-state index contributed by atoms with van der Waals surface area (Å²) >= 11 is 1.26. The SMILES string of the molecule is Cc1c(Sc2cccc(N)c2)n(COCCO)c(=O)[nH]c1=O. The van der Waals surface area contributed by atoms with Gasteiger partial charge in [-0.3, -0.25) is 14.3 Å². The lowest BCUT2D eigenvalue weighted by Gasteiger charge is -2.14. The molecule has 0 saturated heterocycles. The molecule has 1 aromatic carbocycles. The summed E-state index contributed by atoms with van der Waals surface area (Å²) in [4.78, 5) is 26.9. The average Bonchev–Trinajstić information content (AvgIpc) is 2.48. The maximum Gasteiger partial charge on any atom is 0.331 e. The second-order valence-electron chi connectivity index (χ2n) is 4.55. The highest BCUT2D eigenvalue weighted by atomic mass is 32.2. The fraction of sp³-hybridized carbons (Fsp3) is 0.286. The van der Waals surface area contributed by atoms with Crippen LogP contribution in [0.15, 0.2) is 43.8 Å². The zero-order chi connectivity index (χ0) is 16.1. The molecule has 0 aliphatic heterocycles. The van der Waals surface area contributed by atoms with E-state index in [4.69, 9.17) is 15.6 Å². The molecule has 0 aliphatic carbocycles. The maximum absolute atomic E-state index is 12.0. The number of nitrogen functional groups attached to an aromatic ring is 1. The molecule has 2 aromatic rings. The zero-order valence-electron chi connectivity index (χ0n) is 12.0. The number of nitrogens with two attached hydrogens (primary N) is 1. The highest BCUT2D eigenvalue weighted by Crippen LogP contribution is 2.29. The van der Waals surface area contributed by atoms with E-state index < -0.39 is 11.2 Å². The monoisotopic (exact) mass is 323 g/mol. The fourth-order valence-electron chi connectivity index (χ4n) is 1.81. The molecule has 8 heteroatoms. The van der Waals surface area contributed by atoms with Crippen LogP contribution in [0, 0.1) is 6.92 Å². The largest absolute Gasteiger partial charge is 0.399 e. The number of nitrogens with zero attached hydrogens (tertiary/aromatic N) is 1. The predicted molar refractivity (Wildman–Crippen MR) is 84.1 cm³/mol. The minimum absolute atomic E-state index is 0.0539. The normalized spacial score (nSPS) is 10.8. The van der Waals surface area contributed by atoms with Gasteiger partial charge in [-0.2, -0.15) is 0 Å². The van der Waals surface area contributed by atoms with E-state index in [1.54, 1.807) is 25.1 Å². The van der Waals surface area contributed by atoms with Crippen LogP contribution in [0.5, 0.6) is 0 Å². The molecule has 0 radical (unpaired) electrons. The summed E-state index contributed by atoms with van der Waals surface area (Å²) in [5.74, 6) is 0. The van der Waals surface area contributed by atoms with Crippen molar-refractivity contribution in [1.82, 2.24) is 9.55 Å². The number of anilines is 1. The smallest absolute Gasteiger partial charge is 0.331 e. The number of aliphatic hydroxyl groups excluding tert-OH is 1. The highest BCUT2D eigenvalue weighted by Gasteiger charge is 2.13. The van der Waals surface area contributed by atoms with E-state index in [1.165, 1.54) is 16.3 Å². The van der Waals surface area contributed by atoms with Crippen LogP contribution >= 0.6 is 11.8 Å². The van der Waals surface area contributed by atoms with Gasteiger partial charge in [0.25, 0.3) is 5.56 Å². The van der Waals surface area contributed by atoms with Gasteiger partial charge in [-0.25, -0.2) is 4.79 Å². The Kier molecular flexibility index (Phi) is 5.42. The van der Waals surface area contributed by atoms with Gasteiger partial charge >= 0.3 is 5.69 Å². The number of aromatic amines is 1. The van der Waals surface area contributed by atoms with Crippen molar-refractivity contribution in [3.8, 4) is 0 Å². The molecule has 0 spiro atoms. The Bertz CT molecular complexity index is 769. The number of hydrogen-bond donors (Lipinski definition) is 3. The quantitative estimate of drug-likeness (QED) is 0.407. The molecule has 7 nitrogen and oxygen atoms in total. The van der Waals surface area contributed by atoms with Crippen LogP contribution in [0.25, 0.3) is 0 Å².